The van der Waals surface area contributed by atoms with E-state index in [2.05, 4.69) is 10.6 Å². The van der Waals surface area contributed by atoms with Crippen LogP contribution in [0.3, 0.4) is 0 Å². The smallest absolute Gasteiger partial charge is 0.255 e. The van der Waals surface area contributed by atoms with Crippen molar-refractivity contribution in [1.29, 1.82) is 0 Å². The summed E-state index contributed by atoms with van der Waals surface area (Å²) in [6.45, 7) is 2.02. The minimum atomic E-state index is -0.245. The van der Waals surface area contributed by atoms with E-state index in [0.717, 1.165) is 5.75 Å². The van der Waals surface area contributed by atoms with Gasteiger partial charge in [-0.2, -0.15) is 0 Å². The maximum atomic E-state index is 12.3. The summed E-state index contributed by atoms with van der Waals surface area (Å²) >= 11 is 0. The number of nitrogens with one attached hydrogen (secondary N) is 2. The molecule has 0 spiro atoms. The molecule has 0 aliphatic rings. The Labute approximate surface area is 158 Å². The SMILES string of the molecule is CNC(=O)c1ccc(C(=O)Nc2ccc(Oc3ccc(C)cc3)cc2)cc1. The van der Waals surface area contributed by atoms with Gasteiger partial charge in [-0.15, -0.1) is 0 Å². The minimum absolute atomic E-state index is 0.189. The van der Waals surface area contributed by atoms with E-state index in [1.807, 2.05) is 31.2 Å². The molecule has 0 saturated carbocycles. The van der Waals surface area contributed by atoms with Crippen LogP contribution in [-0.2, 0) is 0 Å². The van der Waals surface area contributed by atoms with Crippen molar-refractivity contribution in [2.75, 3.05) is 12.4 Å². The lowest BCUT2D eigenvalue weighted by Gasteiger charge is -2.09. The van der Waals surface area contributed by atoms with E-state index in [0.29, 0.717) is 22.6 Å². The summed E-state index contributed by atoms with van der Waals surface area (Å²) in [5.74, 6) is 1.01. The Morgan fingerprint density at radius 2 is 1.19 bits per heavy atom. The normalized spacial score (nSPS) is 10.1. The van der Waals surface area contributed by atoms with Crippen molar-refractivity contribution in [1.82, 2.24) is 5.32 Å². The first-order chi connectivity index (χ1) is 13.0. The standard InChI is InChI=1S/C22H20N2O3/c1-15-3-11-19(12-4-15)27-20-13-9-18(10-14-20)24-22(26)17-7-5-16(6-8-17)21(25)23-2/h3-14H,1-2H3,(H,23,25)(H,24,26). The number of carbonyl (C=O) groups excluding carboxylic acids is 2. The molecule has 0 aliphatic carbocycles. The Hall–Kier alpha value is -3.60. The van der Waals surface area contributed by atoms with Crippen molar-refractivity contribution in [2.24, 2.45) is 0 Å². The summed E-state index contributed by atoms with van der Waals surface area (Å²) in [6.07, 6.45) is 0. The van der Waals surface area contributed by atoms with E-state index in [1.165, 1.54) is 5.56 Å². The number of anilines is 1. The van der Waals surface area contributed by atoms with Gasteiger partial charge >= 0.3 is 0 Å². The average Bonchev–Trinajstić information content (AvgIpc) is 2.70. The number of hydrogen-bond donors (Lipinski definition) is 2. The van der Waals surface area contributed by atoms with E-state index < -0.39 is 0 Å². The molecule has 0 aromatic heterocycles. The molecule has 2 N–H and O–H groups in total. The van der Waals surface area contributed by atoms with E-state index in [4.69, 9.17) is 4.74 Å². The van der Waals surface area contributed by atoms with Crippen LogP contribution >= 0.6 is 0 Å². The van der Waals surface area contributed by atoms with E-state index in [9.17, 15) is 9.59 Å². The minimum Gasteiger partial charge on any atom is -0.457 e. The zero-order valence-electron chi connectivity index (χ0n) is 15.2. The zero-order chi connectivity index (χ0) is 19.2. The van der Waals surface area contributed by atoms with Crippen molar-refractivity contribution in [3.8, 4) is 11.5 Å². The first kappa shape index (κ1) is 18.2. The van der Waals surface area contributed by atoms with Gasteiger partial charge in [0.2, 0.25) is 0 Å². The maximum Gasteiger partial charge on any atom is 0.255 e. The first-order valence-electron chi connectivity index (χ1n) is 8.53. The number of benzene rings is 3. The third kappa shape index (κ3) is 4.73. The highest BCUT2D eigenvalue weighted by molar-refractivity contribution is 6.05. The van der Waals surface area contributed by atoms with Crippen LogP contribution in [0.1, 0.15) is 26.3 Å². The second kappa shape index (κ2) is 8.19. The Kier molecular flexibility index (Phi) is 5.52. The van der Waals surface area contributed by atoms with Crippen LogP contribution in [0.2, 0.25) is 0 Å². The van der Waals surface area contributed by atoms with Crippen molar-refractivity contribution >= 4 is 17.5 Å². The van der Waals surface area contributed by atoms with Crippen LogP contribution in [0.15, 0.2) is 72.8 Å². The molecule has 5 nitrogen and oxygen atoms in total. The van der Waals surface area contributed by atoms with Gasteiger partial charge in [0.05, 0.1) is 0 Å². The molecule has 0 bridgehead atoms. The fraction of sp³-hybridized carbons (Fsp3) is 0.0909. The molecular formula is C22H20N2O3. The van der Waals surface area contributed by atoms with Crippen LogP contribution in [-0.4, -0.2) is 18.9 Å². The molecule has 5 heteroatoms. The monoisotopic (exact) mass is 360 g/mol. The molecule has 0 aliphatic heterocycles. The van der Waals surface area contributed by atoms with Gasteiger partial charge in [0.1, 0.15) is 11.5 Å². The molecule has 0 atom stereocenters. The van der Waals surface area contributed by atoms with Gasteiger partial charge < -0.3 is 15.4 Å². The third-order valence-corrected chi connectivity index (χ3v) is 4.01. The second-order valence-electron chi connectivity index (χ2n) is 6.05. The molecule has 0 unspecified atom stereocenters. The molecule has 0 heterocycles. The summed E-state index contributed by atoms with van der Waals surface area (Å²) in [6, 6.07) is 21.4. The Bertz CT molecular complexity index is 931. The van der Waals surface area contributed by atoms with Crippen LogP contribution in [0.4, 0.5) is 5.69 Å². The third-order valence-electron chi connectivity index (χ3n) is 4.01. The number of rotatable bonds is 5. The van der Waals surface area contributed by atoms with Crippen molar-refractivity contribution in [3.05, 3.63) is 89.5 Å². The number of aryl methyl sites for hydroxylation is 1. The second-order valence-corrected chi connectivity index (χ2v) is 6.05. The number of hydrogen-bond acceptors (Lipinski definition) is 3. The van der Waals surface area contributed by atoms with Crippen LogP contribution in [0.25, 0.3) is 0 Å². The quantitative estimate of drug-likeness (QED) is 0.709. The fourth-order valence-corrected chi connectivity index (χ4v) is 2.47. The summed E-state index contributed by atoms with van der Waals surface area (Å²) < 4.78 is 5.77. The zero-order valence-corrected chi connectivity index (χ0v) is 15.2. The predicted molar refractivity (Wildman–Crippen MR) is 105 cm³/mol. The summed E-state index contributed by atoms with van der Waals surface area (Å²) in [5.41, 5.74) is 2.81. The van der Waals surface area contributed by atoms with Gasteiger partial charge in [-0.05, 0) is 67.6 Å². The van der Waals surface area contributed by atoms with Gasteiger partial charge in [-0.25, -0.2) is 0 Å². The Balaban J connectivity index is 1.62. The highest BCUT2D eigenvalue weighted by atomic mass is 16.5. The molecule has 2 amide bonds. The highest BCUT2D eigenvalue weighted by Crippen LogP contribution is 2.23. The van der Waals surface area contributed by atoms with Gasteiger partial charge in [0.15, 0.2) is 0 Å². The van der Waals surface area contributed by atoms with Gasteiger partial charge in [-0.1, -0.05) is 17.7 Å². The van der Waals surface area contributed by atoms with Crippen molar-refractivity contribution in [2.45, 2.75) is 6.92 Å². The molecule has 0 saturated heterocycles. The number of amides is 2. The first-order valence-corrected chi connectivity index (χ1v) is 8.53. The molecule has 0 fully saturated rings. The Morgan fingerprint density at radius 1 is 0.704 bits per heavy atom. The molecular weight excluding hydrogens is 340 g/mol. The lowest BCUT2D eigenvalue weighted by molar-refractivity contribution is 0.0961. The van der Waals surface area contributed by atoms with Crippen molar-refractivity contribution in [3.63, 3.8) is 0 Å². The number of ether oxygens (including phenoxy) is 1. The molecule has 0 radical (unpaired) electrons. The van der Waals surface area contributed by atoms with Crippen LogP contribution in [0.5, 0.6) is 11.5 Å². The molecule has 136 valence electrons. The highest BCUT2D eigenvalue weighted by Gasteiger charge is 2.08. The predicted octanol–water partition coefficient (Wildman–Crippen LogP) is 4.40. The molecule has 27 heavy (non-hydrogen) atoms. The molecule has 3 aromatic rings. The van der Waals surface area contributed by atoms with E-state index >= 15 is 0 Å². The lowest BCUT2D eigenvalue weighted by atomic mass is 10.1. The van der Waals surface area contributed by atoms with Gasteiger partial charge in [-0.3, -0.25) is 9.59 Å². The topological polar surface area (TPSA) is 67.4 Å². The van der Waals surface area contributed by atoms with Crippen molar-refractivity contribution < 1.29 is 14.3 Å². The van der Waals surface area contributed by atoms with E-state index in [-0.39, 0.29) is 11.8 Å². The average molecular weight is 360 g/mol. The van der Waals surface area contributed by atoms with Crippen LogP contribution < -0.4 is 15.4 Å². The fourth-order valence-electron chi connectivity index (χ4n) is 2.47. The molecule has 3 rings (SSSR count). The van der Waals surface area contributed by atoms with E-state index in [1.54, 1.807) is 55.6 Å². The van der Waals surface area contributed by atoms with Gasteiger partial charge in [0, 0.05) is 23.9 Å². The molecule has 3 aromatic carbocycles. The summed E-state index contributed by atoms with van der Waals surface area (Å²) in [4.78, 5) is 23.9. The number of carbonyl (C=O) groups is 2. The lowest BCUT2D eigenvalue weighted by Crippen LogP contribution is -2.18. The Morgan fingerprint density at radius 3 is 1.70 bits per heavy atom. The van der Waals surface area contributed by atoms with Crippen LogP contribution in [0, 0.1) is 6.92 Å². The summed E-state index contributed by atoms with van der Waals surface area (Å²) in [7, 11) is 1.56. The largest absolute Gasteiger partial charge is 0.457 e. The maximum absolute atomic E-state index is 12.3. The summed E-state index contributed by atoms with van der Waals surface area (Å²) in [5, 5.41) is 5.37. The van der Waals surface area contributed by atoms with Gasteiger partial charge in [0.25, 0.3) is 11.8 Å².